The van der Waals surface area contributed by atoms with Crippen molar-refractivity contribution in [3.63, 3.8) is 0 Å². The second-order valence-corrected chi connectivity index (χ2v) is 5.87. The van der Waals surface area contributed by atoms with Gasteiger partial charge in [-0.2, -0.15) is 0 Å². The summed E-state index contributed by atoms with van der Waals surface area (Å²) in [6.45, 7) is 1.92. The molecule has 4 rings (SSSR count). The van der Waals surface area contributed by atoms with Crippen molar-refractivity contribution in [2.45, 2.75) is 6.92 Å². The van der Waals surface area contributed by atoms with Gasteiger partial charge in [-0.1, -0.05) is 24.3 Å². The first kappa shape index (κ1) is 16.1. The van der Waals surface area contributed by atoms with Gasteiger partial charge in [0, 0.05) is 40.7 Å². The lowest BCUT2D eigenvalue weighted by molar-refractivity contribution is 0.586. The number of pyridine rings is 1. The predicted molar refractivity (Wildman–Crippen MR) is 97.1 cm³/mol. The molecule has 0 aliphatic carbocycles. The number of nitrogens with zero attached hydrogens (tertiary/aromatic N) is 3. The fraction of sp³-hybridized carbons (Fsp3) is 0.0500. The minimum absolute atomic E-state index is 0.111. The molecule has 0 saturated carbocycles. The van der Waals surface area contributed by atoms with Crippen LogP contribution in [0.2, 0.25) is 0 Å². The van der Waals surface area contributed by atoms with E-state index >= 15 is 0 Å². The molecule has 0 atom stereocenters. The summed E-state index contributed by atoms with van der Waals surface area (Å²) >= 11 is 0. The third-order valence-corrected chi connectivity index (χ3v) is 4.01. The van der Waals surface area contributed by atoms with Gasteiger partial charge >= 0.3 is 0 Å². The third-order valence-electron chi connectivity index (χ3n) is 4.01. The van der Waals surface area contributed by atoms with E-state index < -0.39 is 11.6 Å². The van der Waals surface area contributed by atoms with E-state index in [0.717, 1.165) is 33.8 Å². The van der Waals surface area contributed by atoms with E-state index in [9.17, 15) is 8.78 Å². The van der Waals surface area contributed by atoms with Gasteiger partial charge in [0.25, 0.3) is 0 Å². The van der Waals surface area contributed by atoms with E-state index in [0.29, 0.717) is 0 Å². The summed E-state index contributed by atoms with van der Waals surface area (Å²) < 4.78 is 26.9. The summed E-state index contributed by atoms with van der Waals surface area (Å²) in [5.74, 6) is -1.11. The van der Waals surface area contributed by atoms with Crippen LogP contribution >= 0.6 is 0 Å². The van der Waals surface area contributed by atoms with E-state index in [1.807, 2.05) is 37.3 Å². The normalized spacial score (nSPS) is 10.9. The van der Waals surface area contributed by atoms with Crippen LogP contribution in [0.5, 0.6) is 0 Å². The Kier molecular flexibility index (Phi) is 4.01. The Morgan fingerprint density at radius 1 is 0.923 bits per heavy atom. The number of para-hydroxylation sites is 1. The standard InChI is InChI=1S/C20H14F2N4/c1-12-5-6-13(10-23-12)16-4-2-3-14-11-24-20(26-19(14)16)25-18-8-7-15(21)9-17(18)22/h2-11H,1H3,(H,24,25,26). The van der Waals surface area contributed by atoms with Crippen molar-refractivity contribution < 1.29 is 8.78 Å². The first-order valence-corrected chi connectivity index (χ1v) is 8.01. The SMILES string of the molecule is Cc1ccc(-c2cccc3cnc(Nc4ccc(F)cc4F)nc23)cn1. The maximum absolute atomic E-state index is 13.9. The maximum Gasteiger partial charge on any atom is 0.227 e. The van der Waals surface area contributed by atoms with Crippen molar-refractivity contribution in [3.8, 4) is 11.1 Å². The Bertz CT molecular complexity index is 1090. The van der Waals surface area contributed by atoms with Crippen LogP contribution in [0.25, 0.3) is 22.0 Å². The molecule has 0 aliphatic heterocycles. The van der Waals surface area contributed by atoms with Crippen LogP contribution in [0, 0.1) is 18.6 Å². The highest BCUT2D eigenvalue weighted by atomic mass is 19.1. The van der Waals surface area contributed by atoms with Crippen molar-refractivity contribution in [3.05, 3.63) is 78.3 Å². The van der Waals surface area contributed by atoms with Gasteiger partial charge in [0.2, 0.25) is 5.95 Å². The van der Waals surface area contributed by atoms with E-state index in [4.69, 9.17) is 0 Å². The largest absolute Gasteiger partial charge is 0.322 e. The monoisotopic (exact) mass is 348 g/mol. The molecular weight excluding hydrogens is 334 g/mol. The van der Waals surface area contributed by atoms with E-state index in [1.165, 1.54) is 12.1 Å². The summed E-state index contributed by atoms with van der Waals surface area (Å²) in [6, 6.07) is 13.0. The van der Waals surface area contributed by atoms with Gasteiger partial charge in [-0.05, 0) is 25.1 Å². The number of halogens is 2. The lowest BCUT2D eigenvalue weighted by Crippen LogP contribution is -2.00. The highest BCUT2D eigenvalue weighted by molar-refractivity contribution is 5.93. The number of anilines is 2. The maximum atomic E-state index is 13.9. The lowest BCUT2D eigenvalue weighted by Gasteiger charge is -2.09. The van der Waals surface area contributed by atoms with Crippen molar-refractivity contribution in [2.24, 2.45) is 0 Å². The molecule has 26 heavy (non-hydrogen) atoms. The first-order chi connectivity index (χ1) is 12.6. The molecule has 0 bridgehead atoms. The zero-order valence-corrected chi connectivity index (χ0v) is 13.9. The molecule has 0 radical (unpaired) electrons. The van der Waals surface area contributed by atoms with Crippen LogP contribution < -0.4 is 5.32 Å². The lowest BCUT2D eigenvalue weighted by atomic mass is 10.0. The zero-order valence-electron chi connectivity index (χ0n) is 13.9. The Hall–Kier alpha value is -3.41. The van der Waals surface area contributed by atoms with Crippen molar-refractivity contribution in [2.75, 3.05) is 5.32 Å². The smallest absolute Gasteiger partial charge is 0.227 e. The highest BCUT2D eigenvalue weighted by Gasteiger charge is 2.10. The zero-order chi connectivity index (χ0) is 18.1. The molecule has 0 unspecified atom stereocenters. The predicted octanol–water partition coefficient (Wildman–Crippen LogP) is 5.02. The van der Waals surface area contributed by atoms with Crippen LogP contribution in [-0.2, 0) is 0 Å². The molecule has 128 valence electrons. The Morgan fingerprint density at radius 3 is 2.58 bits per heavy atom. The molecule has 0 saturated heterocycles. The van der Waals surface area contributed by atoms with E-state index in [2.05, 4.69) is 20.3 Å². The minimum atomic E-state index is -0.704. The van der Waals surface area contributed by atoms with Gasteiger partial charge in [-0.25, -0.2) is 18.7 Å². The van der Waals surface area contributed by atoms with Gasteiger partial charge in [-0.15, -0.1) is 0 Å². The molecule has 4 nitrogen and oxygen atoms in total. The fourth-order valence-electron chi connectivity index (χ4n) is 2.69. The Balaban J connectivity index is 1.78. The van der Waals surface area contributed by atoms with Crippen LogP contribution in [0.4, 0.5) is 20.4 Å². The molecule has 2 heterocycles. The quantitative estimate of drug-likeness (QED) is 0.565. The number of hydrogen-bond donors (Lipinski definition) is 1. The molecule has 0 fully saturated rings. The number of hydrogen-bond acceptors (Lipinski definition) is 4. The van der Waals surface area contributed by atoms with Gasteiger partial charge < -0.3 is 5.32 Å². The number of aryl methyl sites for hydroxylation is 1. The number of rotatable bonds is 3. The number of aromatic nitrogens is 3. The Morgan fingerprint density at radius 2 is 1.81 bits per heavy atom. The van der Waals surface area contributed by atoms with Crippen LogP contribution in [0.3, 0.4) is 0 Å². The van der Waals surface area contributed by atoms with Crippen molar-refractivity contribution in [1.29, 1.82) is 0 Å². The Labute approximate surface area is 148 Å². The molecule has 2 aromatic carbocycles. The van der Waals surface area contributed by atoms with Gasteiger partial charge in [-0.3, -0.25) is 4.98 Å². The summed E-state index contributed by atoms with van der Waals surface area (Å²) in [5.41, 5.74) is 3.59. The average molecular weight is 348 g/mol. The number of fused-ring (bicyclic) bond motifs is 1. The summed E-state index contributed by atoms with van der Waals surface area (Å²) in [6.07, 6.45) is 3.45. The average Bonchev–Trinajstić information content (AvgIpc) is 2.64. The minimum Gasteiger partial charge on any atom is -0.322 e. The van der Waals surface area contributed by atoms with Crippen LogP contribution in [0.1, 0.15) is 5.69 Å². The molecule has 0 amide bonds. The molecule has 2 aromatic heterocycles. The van der Waals surface area contributed by atoms with Crippen LogP contribution in [0.15, 0.2) is 60.9 Å². The van der Waals surface area contributed by atoms with Gasteiger partial charge in [0.1, 0.15) is 11.6 Å². The molecule has 1 N–H and O–H groups in total. The first-order valence-electron chi connectivity index (χ1n) is 8.01. The van der Waals surface area contributed by atoms with Crippen molar-refractivity contribution in [1.82, 2.24) is 15.0 Å². The highest BCUT2D eigenvalue weighted by Crippen LogP contribution is 2.28. The summed E-state index contributed by atoms with van der Waals surface area (Å²) in [7, 11) is 0. The molecular formula is C20H14F2N4. The summed E-state index contributed by atoms with van der Waals surface area (Å²) in [4.78, 5) is 13.1. The van der Waals surface area contributed by atoms with Crippen LogP contribution in [-0.4, -0.2) is 15.0 Å². The topological polar surface area (TPSA) is 50.7 Å². The molecule has 4 aromatic rings. The molecule has 0 aliphatic rings. The molecule has 6 heteroatoms. The molecule has 0 spiro atoms. The third kappa shape index (κ3) is 3.09. The second kappa shape index (κ2) is 6.48. The number of benzene rings is 2. The second-order valence-electron chi connectivity index (χ2n) is 5.87. The van der Waals surface area contributed by atoms with E-state index in [-0.39, 0.29) is 11.6 Å². The van der Waals surface area contributed by atoms with Gasteiger partial charge in [0.15, 0.2) is 0 Å². The van der Waals surface area contributed by atoms with Gasteiger partial charge in [0.05, 0.1) is 11.2 Å². The number of nitrogens with one attached hydrogen (secondary N) is 1. The summed E-state index contributed by atoms with van der Waals surface area (Å²) in [5, 5.41) is 3.65. The van der Waals surface area contributed by atoms with Crippen molar-refractivity contribution >= 4 is 22.5 Å². The van der Waals surface area contributed by atoms with E-state index in [1.54, 1.807) is 12.4 Å². The fourth-order valence-corrected chi connectivity index (χ4v) is 2.69.